The Bertz CT molecular complexity index is 1310. The minimum Gasteiger partial charge on any atom is -0.444 e. The van der Waals surface area contributed by atoms with Gasteiger partial charge in [-0.2, -0.15) is 0 Å². The van der Waals surface area contributed by atoms with Gasteiger partial charge in [-0.25, -0.2) is 4.79 Å². The molecule has 21 heteroatoms. The van der Waals surface area contributed by atoms with Crippen molar-refractivity contribution in [1.82, 2.24) is 21.3 Å². The molecule has 1 rings (SSSR count). The third kappa shape index (κ3) is 14.6. The van der Waals surface area contributed by atoms with Gasteiger partial charge in [0.1, 0.15) is 17.7 Å². The Morgan fingerprint density at radius 2 is 1.44 bits per heavy atom. The van der Waals surface area contributed by atoms with Crippen LogP contribution in [0.2, 0.25) is 0 Å². The highest BCUT2D eigenvalue weighted by Gasteiger charge is 2.58. The van der Waals surface area contributed by atoms with E-state index in [0.717, 1.165) is 5.69 Å². The van der Waals surface area contributed by atoms with Crippen molar-refractivity contribution in [2.24, 2.45) is 0 Å². The second kappa shape index (κ2) is 19.1. The first-order chi connectivity index (χ1) is 22.0. The largest absolute Gasteiger partial charge is 0.444 e. The lowest BCUT2D eigenvalue weighted by Crippen LogP contribution is -2.54. The van der Waals surface area contributed by atoms with Crippen LogP contribution in [0.1, 0.15) is 46.1 Å². The molecule has 0 aliphatic rings. The number of hydrogen-bond donors (Lipinski definition) is 9. The number of amides is 4. The van der Waals surface area contributed by atoms with Gasteiger partial charge >= 0.3 is 21.3 Å². The summed E-state index contributed by atoms with van der Waals surface area (Å²) in [5.41, 5.74) is 0.690. The van der Waals surface area contributed by atoms with Crippen molar-refractivity contribution in [3.05, 3.63) is 29.8 Å². The van der Waals surface area contributed by atoms with E-state index in [9.17, 15) is 33.4 Å². The number of aliphatic hydroxyl groups is 1. The Balaban J connectivity index is 2.83. The van der Waals surface area contributed by atoms with E-state index < -0.39 is 81.2 Å². The van der Waals surface area contributed by atoms with Crippen molar-refractivity contribution in [1.29, 1.82) is 0 Å². The SMILES string of the molecule is C[C@H](NC(=O)[C@H](Cc1ccc(N(CCCl)CCCl)cc1)NC(=O)OC(C)(C)C)C(=O)NCC(=O)NCCCC(O)(P(=O)(O)O)P(=O)(O)O. The van der Waals surface area contributed by atoms with E-state index in [0.29, 0.717) is 30.4 Å². The van der Waals surface area contributed by atoms with Crippen LogP contribution in [-0.2, 0) is 34.7 Å². The number of anilines is 1. The van der Waals surface area contributed by atoms with Crippen LogP contribution >= 0.6 is 38.4 Å². The van der Waals surface area contributed by atoms with Gasteiger partial charge in [0.05, 0.1) is 6.54 Å². The van der Waals surface area contributed by atoms with Gasteiger partial charge in [0.2, 0.25) is 17.7 Å². The molecule has 274 valence electrons. The van der Waals surface area contributed by atoms with Crippen LogP contribution < -0.4 is 26.2 Å². The van der Waals surface area contributed by atoms with Crippen LogP contribution in [0.15, 0.2) is 24.3 Å². The number of alkyl halides is 2. The van der Waals surface area contributed by atoms with Crippen molar-refractivity contribution >= 4 is 67.9 Å². The molecule has 0 saturated heterocycles. The van der Waals surface area contributed by atoms with E-state index >= 15 is 0 Å². The highest BCUT2D eigenvalue weighted by molar-refractivity contribution is 7.72. The Kier molecular flexibility index (Phi) is 17.3. The number of nitrogens with zero attached hydrogens (tertiary/aromatic N) is 1. The Morgan fingerprint density at radius 3 is 1.92 bits per heavy atom. The van der Waals surface area contributed by atoms with Crippen LogP contribution in [0.25, 0.3) is 0 Å². The van der Waals surface area contributed by atoms with Gasteiger partial charge in [0.25, 0.3) is 5.08 Å². The molecule has 1 aromatic rings. The molecule has 9 N–H and O–H groups in total. The molecule has 0 fully saturated rings. The summed E-state index contributed by atoms with van der Waals surface area (Å²) in [5, 5.41) is 15.8. The average molecular weight is 765 g/mol. The fraction of sp³-hybridized carbons (Fsp3) is 0.630. The number of rotatable bonds is 19. The molecule has 17 nitrogen and oxygen atoms in total. The maximum atomic E-state index is 13.2. The standard InChI is InChI=1S/C27H45Cl2N5O12P2/c1-18(23(36)31-17-22(35)30-13-5-10-27(39,47(40,41)42)48(43,44)45)32-24(37)21(33-25(38)46-26(2,3)4)16-19-6-8-20(9-7-19)34(14-11-28)15-12-29/h6-9,18,21,39H,5,10-17H2,1-4H3,(H,30,35)(H,31,36)(H,32,37)(H,33,38)(H2,40,41,42)(H2,43,44,45)/t18-,21-/m0/s1. The minimum atomic E-state index is -5.63. The zero-order valence-electron chi connectivity index (χ0n) is 27.0. The molecule has 2 atom stereocenters. The number of carbonyl (C=O) groups is 4. The lowest BCUT2D eigenvalue weighted by atomic mass is 10.0. The molecule has 0 aromatic heterocycles. The summed E-state index contributed by atoms with van der Waals surface area (Å²) in [4.78, 5) is 89.2. The lowest BCUT2D eigenvalue weighted by Gasteiger charge is -2.29. The van der Waals surface area contributed by atoms with Crippen molar-refractivity contribution in [2.45, 2.75) is 69.7 Å². The number of hydrogen-bond acceptors (Lipinski definition) is 9. The molecule has 0 unspecified atom stereocenters. The Labute approximate surface area is 288 Å². The molecule has 4 amide bonds. The van der Waals surface area contributed by atoms with E-state index in [1.54, 1.807) is 32.9 Å². The van der Waals surface area contributed by atoms with Crippen LogP contribution in [0.3, 0.4) is 0 Å². The lowest BCUT2D eigenvalue weighted by molar-refractivity contribution is -0.130. The van der Waals surface area contributed by atoms with Gasteiger partial charge in [-0.1, -0.05) is 12.1 Å². The first-order valence-corrected chi connectivity index (χ1v) is 19.0. The van der Waals surface area contributed by atoms with Crippen LogP contribution in [0, 0.1) is 0 Å². The summed E-state index contributed by atoms with van der Waals surface area (Å²) < 4.78 is 28.1. The molecule has 0 aliphatic heterocycles. The molecule has 1 aromatic carbocycles. The molecule has 0 bridgehead atoms. The predicted molar refractivity (Wildman–Crippen MR) is 179 cm³/mol. The van der Waals surface area contributed by atoms with Crippen LogP contribution in [0.5, 0.6) is 0 Å². The van der Waals surface area contributed by atoms with Crippen molar-refractivity contribution < 1.29 is 57.7 Å². The van der Waals surface area contributed by atoms with E-state index in [-0.39, 0.29) is 13.0 Å². The molecular weight excluding hydrogens is 719 g/mol. The zero-order valence-corrected chi connectivity index (χ0v) is 30.3. The van der Waals surface area contributed by atoms with Gasteiger partial charge in [-0.15, -0.1) is 23.2 Å². The van der Waals surface area contributed by atoms with Gasteiger partial charge in [0, 0.05) is 49.9 Å². The van der Waals surface area contributed by atoms with Crippen LogP contribution in [-0.4, -0.2) is 109 Å². The number of nitrogens with one attached hydrogen (secondary N) is 4. The summed E-state index contributed by atoms with van der Waals surface area (Å²) in [5.74, 6) is -1.47. The van der Waals surface area contributed by atoms with Gasteiger partial charge < -0.3 is 55.6 Å². The summed E-state index contributed by atoms with van der Waals surface area (Å²) in [7, 11) is -11.3. The third-order valence-corrected chi connectivity index (χ3v) is 10.8. The van der Waals surface area contributed by atoms with Gasteiger partial charge in [-0.3, -0.25) is 23.5 Å². The highest BCUT2D eigenvalue weighted by Crippen LogP contribution is 2.69. The predicted octanol–water partition coefficient (Wildman–Crippen LogP) is 0.925. The molecule has 0 spiro atoms. The van der Waals surface area contributed by atoms with Gasteiger partial charge in [-0.05, 0) is 51.8 Å². The second-order valence-corrected chi connectivity index (χ2v) is 16.5. The summed E-state index contributed by atoms with van der Waals surface area (Å²) in [6.07, 6.45) is -2.28. The Hall–Kier alpha value is -2.46. The molecular formula is C27H45Cl2N5O12P2. The fourth-order valence-electron chi connectivity index (χ4n) is 4.09. The van der Waals surface area contributed by atoms with Crippen LogP contribution in [0.4, 0.5) is 10.5 Å². The maximum absolute atomic E-state index is 13.2. The van der Waals surface area contributed by atoms with E-state index in [4.69, 9.17) is 47.5 Å². The number of alkyl carbamates (subject to hydrolysis) is 1. The number of carbonyl (C=O) groups excluding carboxylic acids is 4. The summed E-state index contributed by atoms with van der Waals surface area (Å²) >= 11 is 11.8. The first kappa shape index (κ1) is 43.6. The normalized spacial score (nSPS) is 13.6. The van der Waals surface area contributed by atoms with E-state index in [2.05, 4.69) is 21.3 Å². The average Bonchev–Trinajstić information content (AvgIpc) is 2.95. The summed E-state index contributed by atoms with van der Waals surface area (Å²) in [6, 6.07) is 4.87. The van der Waals surface area contributed by atoms with Gasteiger partial charge in [0.15, 0.2) is 0 Å². The smallest absolute Gasteiger partial charge is 0.408 e. The highest BCUT2D eigenvalue weighted by atomic mass is 35.5. The molecule has 0 heterocycles. The fourth-order valence-corrected chi connectivity index (χ4v) is 6.75. The third-order valence-electron chi connectivity index (χ3n) is 6.58. The first-order valence-electron chi connectivity index (χ1n) is 14.7. The summed E-state index contributed by atoms with van der Waals surface area (Å²) in [6.45, 7) is 6.52. The quantitative estimate of drug-likeness (QED) is 0.0540. The van der Waals surface area contributed by atoms with E-state index in [1.807, 2.05) is 17.0 Å². The maximum Gasteiger partial charge on any atom is 0.408 e. The number of ether oxygens (including phenoxy) is 1. The molecule has 48 heavy (non-hydrogen) atoms. The second-order valence-electron chi connectivity index (χ2n) is 11.7. The molecule has 0 radical (unpaired) electrons. The topological polar surface area (TPSA) is 264 Å². The van der Waals surface area contributed by atoms with Crippen molar-refractivity contribution in [3.63, 3.8) is 0 Å². The minimum absolute atomic E-state index is 0.0340. The number of benzene rings is 1. The monoisotopic (exact) mass is 763 g/mol. The Morgan fingerprint density at radius 1 is 0.896 bits per heavy atom. The van der Waals surface area contributed by atoms with Crippen molar-refractivity contribution in [2.75, 3.05) is 42.8 Å². The number of halogens is 2. The zero-order chi connectivity index (χ0) is 36.9. The molecule has 0 aliphatic carbocycles. The molecule has 0 saturated carbocycles. The van der Waals surface area contributed by atoms with Crippen molar-refractivity contribution in [3.8, 4) is 0 Å². The van der Waals surface area contributed by atoms with E-state index in [1.165, 1.54) is 6.92 Å².